The summed E-state index contributed by atoms with van der Waals surface area (Å²) in [5, 5.41) is 7.87. The van der Waals surface area contributed by atoms with Crippen LogP contribution in [0.25, 0.3) is 0 Å². The molecule has 0 bridgehead atoms. The van der Waals surface area contributed by atoms with Crippen LogP contribution < -0.4 is 15.4 Å². The molecule has 0 unspecified atom stereocenters. The van der Waals surface area contributed by atoms with Crippen molar-refractivity contribution in [2.45, 2.75) is 0 Å². The maximum Gasteiger partial charge on any atom is 0.137 e. The average molecular weight is 311 g/mol. The smallest absolute Gasteiger partial charge is 0.137 e. The van der Waals surface area contributed by atoms with Gasteiger partial charge in [0.05, 0.1) is 22.8 Å². The first-order valence-electron chi connectivity index (χ1n) is 6.26. The summed E-state index contributed by atoms with van der Waals surface area (Å²) in [5.41, 5.74) is 1.89. The van der Waals surface area contributed by atoms with Crippen molar-refractivity contribution in [3.05, 3.63) is 52.5 Å². The van der Waals surface area contributed by atoms with Gasteiger partial charge in [0.1, 0.15) is 5.75 Å². The first kappa shape index (κ1) is 14.8. The molecular formula is C15H16Cl2N2O. The fraction of sp³-hybridized carbons (Fsp3) is 0.200. The van der Waals surface area contributed by atoms with E-state index in [0.29, 0.717) is 10.8 Å². The van der Waals surface area contributed by atoms with E-state index in [4.69, 9.17) is 27.9 Å². The van der Waals surface area contributed by atoms with Crippen LogP contribution in [0.4, 0.5) is 11.4 Å². The average Bonchev–Trinajstić information content (AvgIpc) is 2.45. The van der Waals surface area contributed by atoms with Crippen molar-refractivity contribution in [2.75, 3.05) is 30.8 Å². The van der Waals surface area contributed by atoms with Gasteiger partial charge in [-0.05, 0) is 30.3 Å². The Balaban J connectivity index is 1.82. The van der Waals surface area contributed by atoms with Crippen molar-refractivity contribution >= 4 is 34.6 Å². The monoisotopic (exact) mass is 310 g/mol. The highest BCUT2D eigenvalue weighted by Gasteiger charge is 2.01. The van der Waals surface area contributed by atoms with Crippen LogP contribution in [0, 0.1) is 0 Å². The largest absolute Gasteiger partial charge is 0.495 e. The molecule has 2 aromatic carbocycles. The van der Waals surface area contributed by atoms with E-state index in [1.54, 1.807) is 7.11 Å². The Morgan fingerprint density at radius 1 is 0.950 bits per heavy atom. The van der Waals surface area contributed by atoms with Gasteiger partial charge in [-0.3, -0.25) is 0 Å². The highest BCUT2D eigenvalue weighted by molar-refractivity contribution is 6.33. The number of ether oxygens (including phenoxy) is 1. The van der Waals surface area contributed by atoms with Gasteiger partial charge in [-0.15, -0.1) is 0 Å². The van der Waals surface area contributed by atoms with Crippen LogP contribution in [0.5, 0.6) is 5.75 Å². The highest BCUT2D eigenvalue weighted by atomic mass is 35.5. The summed E-state index contributed by atoms with van der Waals surface area (Å²) in [6.07, 6.45) is 0. The van der Waals surface area contributed by atoms with Gasteiger partial charge in [0.25, 0.3) is 0 Å². The number of hydrogen-bond donors (Lipinski definition) is 2. The molecule has 3 nitrogen and oxygen atoms in total. The fourth-order valence-electron chi connectivity index (χ4n) is 1.78. The quantitative estimate of drug-likeness (QED) is 0.769. The summed E-state index contributed by atoms with van der Waals surface area (Å²) < 4.78 is 5.11. The Morgan fingerprint density at radius 3 is 2.40 bits per heavy atom. The van der Waals surface area contributed by atoms with Gasteiger partial charge < -0.3 is 15.4 Å². The SMILES string of the molecule is COc1ccc(NCCNc2ccccc2Cl)cc1Cl. The summed E-state index contributed by atoms with van der Waals surface area (Å²) >= 11 is 12.1. The molecule has 0 heterocycles. The third kappa shape index (κ3) is 3.95. The highest BCUT2D eigenvalue weighted by Crippen LogP contribution is 2.27. The molecule has 2 rings (SSSR count). The summed E-state index contributed by atoms with van der Waals surface area (Å²) in [4.78, 5) is 0. The van der Waals surface area contributed by atoms with E-state index >= 15 is 0 Å². The van der Waals surface area contributed by atoms with Crippen LogP contribution in [0.2, 0.25) is 10.0 Å². The predicted molar refractivity (Wildman–Crippen MR) is 86.4 cm³/mol. The zero-order valence-corrected chi connectivity index (χ0v) is 12.6. The van der Waals surface area contributed by atoms with Crippen LogP contribution in [0.1, 0.15) is 0 Å². The summed E-state index contributed by atoms with van der Waals surface area (Å²) in [6, 6.07) is 13.3. The number of para-hydroxylation sites is 1. The second-order valence-corrected chi connectivity index (χ2v) is 5.00. The van der Waals surface area contributed by atoms with Gasteiger partial charge in [-0.25, -0.2) is 0 Å². The van der Waals surface area contributed by atoms with E-state index < -0.39 is 0 Å². The van der Waals surface area contributed by atoms with Gasteiger partial charge in [0.15, 0.2) is 0 Å². The molecule has 0 amide bonds. The maximum atomic E-state index is 6.06. The summed E-state index contributed by atoms with van der Waals surface area (Å²) in [5.74, 6) is 0.673. The molecule has 5 heteroatoms. The Bertz CT molecular complexity index is 576. The van der Waals surface area contributed by atoms with Gasteiger partial charge in [-0.1, -0.05) is 35.3 Å². The lowest BCUT2D eigenvalue weighted by Gasteiger charge is -2.11. The summed E-state index contributed by atoms with van der Waals surface area (Å²) in [6.45, 7) is 1.52. The molecule has 0 spiro atoms. The second kappa shape index (κ2) is 7.27. The van der Waals surface area contributed by atoms with E-state index in [0.717, 1.165) is 29.5 Å². The van der Waals surface area contributed by atoms with Crippen molar-refractivity contribution in [3.63, 3.8) is 0 Å². The van der Waals surface area contributed by atoms with Crippen molar-refractivity contribution in [3.8, 4) is 5.75 Å². The second-order valence-electron chi connectivity index (χ2n) is 4.18. The standard InChI is InChI=1S/C15H16Cl2N2O/c1-20-15-7-6-11(10-13(15)17)18-8-9-19-14-5-3-2-4-12(14)16/h2-7,10,18-19H,8-9H2,1H3. The molecule has 0 radical (unpaired) electrons. The Kier molecular flexibility index (Phi) is 5.39. The third-order valence-electron chi connectivity index (χ3n) is 2.80. The minimum absolute atomic E-state index is 0.594. The molecular weight excluding hydrogens is 295 g/mol. The van der Waals surface area contributed by atoms with Gasteiger partial charge in [0.2, 0.25) is 0 Å². The number of benzene rings is 2. The molecule has 0 aliphatic heterocycles. The summed E-state index contributed by atoms with van der Waals surface area (Å²) in [7, 11) is 1.60. The third-order valence-corrected chi connectivity index (χ3v) is 3.42. The fourth-order valence-corrected chi connectivity index (χ4v) is 2.25. The van der Waals surface area contributed by atoms with Crippen LogP contribution in [-0.2, 0) is 0 Å². The molecule has 0 saturated carbocycles. The van der Waals surface area contributed by atoms with E-state index in [1.807, 2.05) is 42.5 Å². The molecule has 20 heavy (non-hydrogen) atoms. The van der Waals surface area contributed by atoms with E-state index in [1.165, 1.54) is 0 Å². The minimum Gasteiger partial charge on any atom is -0.495 e. The van der Waals surface area contributed by atoms with E-state index in [-0.39, 0.29) is 0 Å². The van der Waals surface area contributed by atoms with Gasteiger partial charge >= 0.3 is 0 Å². The number of nitrogens with one attached hydrogen (secondary N) is 2. The Morgan fingerprint density at radius 2 is 1.70 bits per heavy atom. The van der Waals surface area contributed by atoms with Crippen LogP contribution in [0.15, 0.2) is 42.5 Å². The molecule has 2 aromatic rings. The number of anilines is 2. The molecule has 0 aliphatic rings. The predicted octanol–water partition coefficient (Wildman–Crippen LogP) is 4.53. The van der Waals surface area contributed by atoms with Crippen molar-refractivity contribution in [2.24, 2.45) is 0 Å². The Hall–Kier alpha value is -1.58. The van der Waals surface area contributed by atoms with Crippen molar-refractivity contribution < 1.29 is 4.74 Å². The van der Waals surface area contributed by atoms with Crippen molar-refractivity contribution in [1.82, 2.24) is 0 Å². The minimum atomic E-state index is 0.594. The van der Waals surface area contributed by atoms with Gasteiger partial charge in [-0.2, -0.15) is 0 Å². The lowest BCUT2D eigenvalue weighted by atomic mass is 10.3. The zero-order valence-electron chi connectivity index (χ0n) is 11.1. The van der Waals surface area contributed by atoms with Gasteiger partial charge in [0, 0.05) is 18.8 Å². The first-order valence-corrected chi connectivity index (χ1v) is 7.02. The lowest BCUT2D eigenvalue weighted by Crippen LogP contribution is -2.13. The number of halogens is 2. The van der Waals surface area contributed by atoms with Crippen LogP contribution in [-0.4, -0.2) is 20.2 Å². The van der Waals surface area contributed by atoms with E-state index in [9.17, 15) is 0 Å². The van der Waals surface area contributed by atoms with Crippen molar-refractivity contribution in [1.29, 1.82) is 0 Å². The number of methoxy groups -OCH3 is 1. The molecule has 0 aromatic heterocycles. The topological polar surface area (TPSA) is 33.3 Å². The molecule has 0 atom stereocenters. The van der Waals surface area contributed by atoms with E-state index in [2.05, 4.69) is 10.6 Å². The molecule has 0 aliphatic carbocycles. The zero-order chi connectivity index (χ0) is 14.4. The molecule has 106 valence electrons. The lowest BCUT2D eigenvalue weighted by molar-refractivity contribution is 0.415. The molecule has 0 saturated heterocycles. The van der Waals surface area contributed by atoms with Crippen LogP contribution in [0.3, 0.4) is 0 Å². The normalized spacial score (nSPS) is 10.2. The maximum absolute atomic E-state index is 6.06. The first-order chi connectivity index (χ1) is 9.70. The number of rotatable bonds is 6. The molecule has 0 fully saturated rings. The Labute approximate surface area is 128 Å². The number of hydrogen-bond acceptors (Lipinski definition) is 3. The molecule has 2 N–H and O–H groups in total. The van der Waals surface area contributed by atoms with Crippen LogP contribution >= 0.6 is 23.2 Å².